The highest BCUT2D eigenvalue weighted by molar-refractivity contribution is 7.93. The summed E-state index contributed by atoms with van der Waals surface area (Å²) in [5.41, 5.74) is 0. The van der Waals surface area contributed by atoms with Crippen molar-refractivity contribution in [1.82, 2.24) is 0 Å². The van der Waals surface area contributed by atoms with Gasteiger partial charge < -0.3 is 0 Å². The minimum atomic E-state index is -2.88. The standard InChI is InChI=1S/C7H10O3S/c8-5-3-6-1-2-7(4-5)11(6,9)10/h6-7H,1-4H2/t6-,7+. The van der Waals surface area contributed by atoms with Crippen LogP contribution in [0, 0.1) is 0 Å². The Bertz CT molecular complexity index is 269. The maximum atomic E-state index is 11.4. The second-order valence-corrected chi connectivity index (χ2v) is 5.87. The molecule has 4 heteroatoms. The van der Waals surface area contributed by atoms with Gasteiger partial charge in [0.2, 0.25) is 0 Å². The van der Waals surface area contributed by atoms with Gasteiger partial charge in [-0.3, -0.25) is 4.79 Å². The lowest BCUT2D eigenvalue weighted by Crippen LogP contribution is -2.32. The number of hydrogen-bond donors (Lipinski definition) is 0. The zero-order valence-corrected chi connectivity index (χ0v) is 6.93. The molecule has 2 bridgehead atoms. The Labute approximate surface area is 65.7 Å². The number of ketones is 1. The molecule has 0 aromatic rings. The summed E-state index contributed by atoms with van der Waals surface area (Å²) in [6, 6.07) is 0. The van der Waals surface area contributed by atoms with E-state index in [-0.39, 0.29) is 29.1 Å². The summed E-state index contributed by atoms with van der Waals surface area (Å²) in [6.45, 7) is 0. The number of sulfone groups is 1. The van der Waals surface area contributed by atoms with Gasteiger partial charge in [-0.05, 0) is 12.8 Å². The van der Waals surface area contributed by atoms with Crippen LogP contribution in [0.3, 0.4) is 0 Å². The number of Topliss-reactive ketones (excluding diaryl/α,β-unsaturated/α-hetero) is 1. The number of carbonyl (C=O) groups is 1. The summed E-state index contributed by atoms with van der Waals surface area (Å²) in [4.78, 5) is 10.9. The van der Waals surface area contributed by atoms with Gasteiger partial charge in [0.25, 0.3) is 0 Å². The highest BCUT2D eigenvalue weighted by Gasteiger charge is 2.46. The van der Waals surface area contributed by atoms with Crippen LogP contribution in [-0.4, -0.2) is 24.7 Å². The van der Waals surface area contributed by atoms with Crippen molar-refractivity contribution < 1.29 is 13.2 Å². The Morgan fingerprint density at radius 2 is 1.55 bits per heavy atom. The van der Waals surface area contributed by atoms with Crippen molar-refractivity contribution in [1.29, 1.82) is 0 Å². The fourth-order valence-electron chi connectivity index (χ4n) is 2.00. The Morgan fingerprint density at radius 1 is 1.09 bits per heavy atom. The van der Waals surface area contributed by atoms with Crippen molar-refractivity contribution in [3.8, 4) is 0 Å². The van der Waals surface area contributed by atoms with Crippen molar-refractivity contribution in [3.63, 3.8) is 0 Å². The zero-order valence-electron chi connectivity index (χ0n) is 6.12. The van der Waals surface area contributed by atoms with E-state index in [1.807, 2.05) is 0 Å². The highest BCUT2D eigenvalue weighted by Crippen LogP contribution is 2.36. The van der Waals surface area contributed by atoms with E-state index < -0.39 is 9.84 Å². The first kappa shape index (κ1) is 7.28. The first-order valence-corrected chi connectivity index (χ1v) is 5.46. The molecule has 3 nitrogen and oxygen atoms in total. The molecule has 0 aromatic heterocycles. The van der Waals surface area contributed by atoms with Crippen LogP contribution in [0.2, 0.25) is 0 Å². The second-order valence-electron chi connectivity index (χ2n) is 3.36. The van der Waals surface area contributed by atoms with Gasteiger partial charge in [-0.25, -0.2) is 8.42 Å². The van der Waals surface area contributed by atoms with Crippen LogP contribution in [0.15, 0.2) is 0 Å². The van der Waals surface area contributed by atoms with E-state index in [0.29, 0.717) is 12.8 Å². The van der Waals surface area contributed by atoms with Gasteiger partial charge in [0.1, 0.15) is 5.78 Å². The average Bonchev–Trinajstić information content (AvgIpc) is 2.19. The van der Waals surface area contributed by atoms with Crippen LogP contribution in [0.4, 0.5) is 0 Å². The van der Waals surface area contributed by atoms with Crippen LogP contribution in [0.5, 0.6) is 0 Å². The molecule has 0 N–H and O–H groups in total. The number of fused-ring (bicyclic) bond motifs is 2. The van der Waals surface area contributed by atoms with Crippen LogP contribution < -0.4 is 0 Å². The lowest BCUT2D eigenvalue weighted by molar-refractivity contribution is -0.119. The molecule has 11 heavy (non-hydrogen) atoms. The summed E-state index contributed by atoms with van der Waals surface area (Å²) in [7, 11) is -2.88. The Hall–Kier alpha value is -0.380. The fraction of sp³-hybridized carbons (Fsp3) is 0.857. The van der Waals surface area contributed by atoms with Gasteiger partial charge in [-0.2, -0.15) is 0 Å². The molecule has 62 valence electrons. The summed E-state index contributed by atoms with van der Waals surface area (Å²) >= 11 is 0. The van der Waals surface area contributed by atoms with Crippen LogP contribution >= 0.6 is 0 Å². The molecule has 0 unspecified atom stereocenters. The van der Waals surface area contributed by atoms with E-state index in [0.717, 1.165) is 0 Å². The number of carbonyl (C=O) groups excluding carboxylic acids is 1. The van der Waals surface area contributed by atoms with Crippen LogP contribution in [-0.2, 0) is 14.6 Å². The maximum Gasteiger partial charge on any atom is 0.156 e. The lowest BCUT2D eigenvalue weighted by atomic mass is 10.2. The molecule has 0 radical (unpaired) electrons. The van der Waals surface area contributed by atoms with Crippen molar-refractivity contribution in [2.45, 2.75) is 36.2 Å². The quantitative estimate of drug-likeness (QED) is 0.530. The third-order valence-corrected chi connectivity index (χ3v) is 5.31. The average molecular weight is 174 g/mol. The van der Waals surface area contributed by atoms with E-state index in [1.54, 1.807) is 0 Å². The first-order valence-electron chi connectivity index (χ1n) is 3.85. The van der Waals surface area contributed by atoms with E-state index in [4.69, 9.17) is 0 Å². The smallest absolute Gasteiger partial charge is 0.156 e. The van der Waals surface area contributed by atoms with Gasteiger partial charge in [0.15, 0.2) is 9.84 Å². The van der Waals surface area contributed by atoms with Gasteiger partial charge in [0.05, 0.1) is 10.5 Å². The largest absolute Gasteiger partial charge is 0.300 e. The zero-order chi connectivity index (χ0) is 8.06. The summed E-state index contributed by atoms with van der Waals surface area (Å²) < 4.78 is 22.7. The molecular weight excluding hydrogens is 164 g/mol. The van der Waals surface area contributed by atoms with E-state index >= 15 is 0 Å². The molecule has 2 aliphatic rings. The van der Waals surface area contributed by atoms with Crippen LogP contribution in [0.1, 0.15) is 25.7 Å². The van der Waals surface area contributed by atoms with E-state index in [9.17, 15) is 13.2 Å². The Kier molecular flexibility index (Phi) is 1.36. The third kappa shape index (κ3) is 0.922. The van der Waals surface area contributed by atoms with Crippen molar-refractivity contribution in [3.05, 3.63) is 0 Å². The molecule has 0 aromatic carbocycles. The molecule has 2 aliphatic heterocycles. The van der Waals surface area contributed by atoms with Crippen molar-refractivity contribution in [2.24, 2.45) is 0 Å². The summed E-state index contributed by atoms with van der Waals surface area (Å²) in [5, 5.41) is -0.650. The molecule has 2 saturated heterocycles. The SMILES string of the molecule is O=C1C[C@H]2CC[C@@H](C1)S2(=O)=O. The molecule has 2 atom stereocenters. The number of rotatable bonds is 0. The van der Waals surface area contributed by atoms with Gasteiger partial charge in [0, 0.05) is 12.8 Å². The van der Waals surface area contributed by atoms with Gasteiger partial charge in [-0.1, -0.05) is 0 Å². The molecule has 0 spiro atoms. The van der Waals surface area contributed by atoms with E-state index in [2.05, 4.69) is 0 Å². The number of hydrogen-bond acceptors (Lipinski definition) is 3. The monoisotopic (exact) mass is 174 g/mol. The van der Waals surface area contributed by atoms with Crippen molar-refractivity contribution >= 4 is 15.6 Å². The second kappa shape index (κ2) is 2.06. The fourth-order valence-corrected chi connectivity index (χ4v) is 4.31. The molecule has 2 rings (SSSR count). The predicted octanol–water partition coefficient (Wildman–Crippen LogP) is 0.295. The first-order chi connectivity index (χ1) is 5.10. The van der Waals surface area contributed by atoms with Crippen LogP contribution in [0.25, 0.3) is 0 Å². The molecular formula is C7H10O3S. The summed E-state index contributed by atoms with van der Waals surface area (Å²) in [5.74, 6) is 0.132. The topological polar surface area (TPSA) is 51.2 Å². The van der Waals surface area contributed by atoms with Gasteiger partial charge >= 0.3 is 0 Å². The van der Waals surface area contributed by atoms with Gasteiger partial charge in [-0.15, -0.1) is 0 Å². The highest BCUT2D eigenvalue weighted by atomic mass is 32.2. The minimum Gasteiger partial charge on any atom is -0.300 e. The molecule has 2 fully saturated rings. The predicted molar refractivity (Wildman–Crippen MR) is 40.0 cm³/mol. The molecule has 0 aliphatic carbocycles. The summed E-state index contributed by atoms with van der Waals surface area (Å²) in [6.07, 6.45) is 1.97. The normalized spacial score (nSPS) is 40.9. The van der Waals surface area contributed by atoms with E-state index in [1.165, 1.54) is 0 Å². The molecule has 0 saturated carbocycles. The third-order valence-electron chi connectivity index (χ3n) is 2.65. The lowest BCUT2D eigenvalue weighted by Gasteiger charge is -2.17. The Morgan fingerprint density at radius 3 is 2.00 bits per heavy atom. The molecule has 0 amide bonds. The minimum absolute atomic E-state index is 0.132. The Balaban J connectivity index is 2.40. The van der Waals surface area contributed by atoms with Crippen molar-refractivity contribution in [2.75, 3.05) is 0 Å². The molecule has 2 heterocycles. The maximum absolute atomic E-state index is 11.4.